The molecule has 0 saturated carbocycles. The molecule has 0 spiro atoms. The van der Waals surface area contributed by atoms with Gasteiger partial charge < -0.3 is 15.2 Å². The number of rotatable bonds is 3. The van der Waals surface area contributed by atoms with Gasteiger partial charge in [0.1, 0.15) is 5.82 Å². The molecular weight excluding hydrogens is 273 g/mol. The Morgan fingerprint density at radius 3 is 3.00 bits per heavy atom. The summed E-state index contributed by atoms with van der Waals surface area (Å²) in [5.41, 5.74) is 0.656. The summed E-state index contributed by atoms with van der Waals surface area (Å²) < 4.78 is 19.2. The van der Waals surface area contributed by atoms with Crippen LogP contribution in [-0.4, -0.2) is 30.3 Å². The van der Waals surface area contributed by atoms with Gasteiger partial charge >= 0.3 is 0 Å². The first-order chi connectivity index (χ1) is 10.1. The van der Waals surface area contributed by atoms with Crippen LogP contribution in [0.25, 0.3) is 0 Å². The van der Waals surface area contributed by atoms with Crippen molar-refractivity contribution >= 4 is 11.6 Å². The van der Waals surface area contributed by atoms with E-state index in [0.717, 1.165) is 0 Å². The zero-order valence-corrected chi connectivity index (χ0v) is 11.9. The van der Waals surface area contributed by atoms with Gasteiger partial charge in [-0.15, -0.1) is 0 Å². The van der Waals surface area contributed by atoms with Crippen molar-refractivity contribution in [1.82, 2.24) is 0 Å². The highest BCUT2D eigenvalue weighted by Gasteiger charge is 2.30. The van der Waals surface area contributed by atoms with Crippen LogP contribution in [0.2, 0.25) is 0 Å². The van der Waals surface area contributed by atoms with Crippen molar-refractivity contribution in [2.75, 3.05) is 18.5 Å². The minimum absolute atomic E-state index is 0.0512. The Bertz CT molecular complexity index is 577. The van der Waals surface area contributed by atoms with Crippen LogP contribution in [0.1, 0.15) is 25.3 Å². The maximum Gasteiger partial charge on any atom is 0.230 e. The molecule has 1 amide bonds. The van der Waals surface area contributed by atoms with Crippen LogP contribution in [0.3, 0.4) is 0 Å². The van der Waals surface area contributed by atoms with Crippen molar-refractivity contribution in [2.24, 2.45) is 5.92 Å². The maximum absolute atomic E-state index is 13.8. The van der Waals surface area contributed by atoms with Crippen molar-refractivity contribution < 1.29 is 19.0 Å². The summed E-state index contributed by atoms with van der Waals surface area (Å²) >= 11 is 0. The quantitative estimate of drug-likeness (QED) is 0.837. The van der Waals surface area contributed by atoms with Gasteiger partial charge in [-0.2, -0.15) is 0 Å². The summed E-state index contributed by atoms with van der Waals surface area (Å²) in [5.74, 6) is 4.45. The van der Waals surface area contributed by atoms with E-state index in [-0.39, 0.29) is 30.1 Å². The number of ether oxygens (including phenoxy) is 1. The van der Waals surface area contributed by atoms with Gasteiger partial charge in [0.15, 0.2) is 0 Å². The monoisotopic (exact) mass is 291 g/mol. The van der Waals surface area contributed by atoms with Crippen LogP contribution in [0.5, 0.6) is 0 Å². The molecule has 4 nitrogen and oxygen atoms in total. The SMILES string of the molecule is CC1OCCC1C(=O)Nc1ccc(C#CCCO)c(F)c1. The summed E-state index contributed by atoms with van der Waals surface area (Å²) in [5, 5.41) is 11.3. The zero-order chi connectivity index (χ0) is 15.2. The van der Waals surface area contributed by atoms with E-state index in [9.17, 15) is 9.18 Å². The number of hydrogen-bond donors (Lipinski definition) is 2. The Morgan fingerprint density at radius 1 is 1.57 bits per heavy atom. The number of aliphatic hydroxyl groups excluding tert-OH is 1. The summed E-state index contributed by atoms with van der Waals surface area (Å²) in [6, 6.07) is 4.38. The zero-order valence-electron chi connectivity index (χ0n) is 11.9. The van der Waals surface area contributed by atoms with Gasteiger partial charge in [-0.25, -0.2) is 4.39 Å². The molecule has 1 aliphatic heterocycles. The third-order valence-electron chi connectivity index (χ3n) is 3.41. The average molecular weight is 291 g/mol. The smallest absolute Gasteiger partial charge is 0.230 e. The average Bonchev–Trinajstić information content (AvgIpc) is 2.88. The third kappa shape index (κ3) is 4.03. The van der Waals surface area contributed by atoms with E-state index in [0.29, 0.717) is 25.1 Å². The number of aliphatic hydroxyl groups is 1. The van der Waals surface area contributed by atoms with Crippen molar-refractivity contribution in [2.45, 2.75) is 25.9 Å². The number of benzene rings is 1. The molecule has 1 aliphatic rings. The topological polar surface area (TPSA) is 58.6 Å². The number of hydrogen-bond acceptors (Lipinski definition) is 3. The summed E-state index contributed by atoms with van der Waals surface area (Å²) in [4.78, 5) is 12.1. The Balaban J connectivity index is 2.03. The Kier molecular flexibility index (Phi) is 5.32. The van der Waals surface area contributed by atoms with Gasteiger partial charge in [0.25, 0.3) is 0 Å². The second-order valence-corrected chi connectivity index (χ2v) is 4.93. The number of anilines is 1. The van der Waals surface area contributed by atoms with Crippen LogP contribution in [0, 0.1) is 23.6 Å². The minimum atomic E-state index is -0.492. The lowest BCUT2D eigenvalue weighted by Gasteiger charge is -2.14. The number of amides is 1. The van der Waals surface area contributed by atoms with Crippen LogP contribution >= 0.6 is 0 Å². The van der Waals surface area contributed by atoms with Crippen molar-refractivity contribution in [3.05, 3.63) is 29.6 Å². The molecule has 0 radical (unpaired) electrons. The maximum atomic E-state index is 13.8. The molecule has 112 valence electrons. The summed E-state index contributed by atoms with van der Waals surface area (Å²) in [6.07, 6.45) is 0.871. The number of halogens is 1. The molecule has 1 saturated heterocycles. The van der Waals surface area contributed by atoms with Gasteiger partial charge in [-0.1, -0.05) is 11.8 Å². The Hall–Kier alpha value is -1.90. The molecule has 1 heterocycles. The molecule has 1 aromatic rings. The fourth-order valence-electron chi connectivity index (χ4n) is 2.22. The minimum Gasteiger partial charge on any atom is -0.395 e. The second-order valence-electron chi connectivity index (χ2n) is 4.93. The van der Waals surface area contributed by atoms with Gasteiger partial charge in [0.05, 0.1) is 24.2 Å². The van der Waals surface area contributed by atoms with Crippen LogP contribution in [-0.2, 0) is 9.53 Å². The number of carbonyl (C=O) groups is 1. The first-order valence-electron chi connectivity index (χ1n) is 6.93. The molecule has 1 aromatic carbocycles. The molecule has 2 N–H and O–H groups in total. The van der Waals surface area contributed by atoms with Gasteiger partial charge in [-0.3, -0.25) is 4.79 Å². The largest absolute Gasteiger partial charge is 0.395 e. The summed E-state index contributed by atoms with van der Waals surface area (Å²) in [6.45, 7) is 2.38. The molecule has 2 unspecified atom stereocenters. The lowest BCUT2D eigenvalue weighted by atomic mass is 10.0. The van der Waals surface area contributed by atoms with E-state index in [1.807, 2.05) is 6.92 Å². The van der Waals surface area contributed by atoms with Crippen LogP contribution in [0.4, 0.5) is 10.1 Å². The molecular formula is C16H18FNO3. The standard InChI is InChI=1S/C16H18FNO3/c1-11-14(7-9-21-11)16(20)18-13-6-5-12(15(17)10-13)4-2-3-8-19/h5-6,10-11,14,19H,3,7-9H2,1H3,(H,18,20). The van der Waals surface area contributed by atoms with Gasteiger partial charge in [-0.05, 0) is 31.5 Å². The van der Waals surface area contributed by atoms with E-state index in [1.165, 1.54) is 12.1 Å². The molecule has 2 rings (SSSR count). The first kappa shape index (κ1) is 15.5. The van der Waals surface area contributed by atoms with E-state index in [1.54, 1.807) is 6.07 Å². The van der Waals surface area contributed by atoms with Crippen molar-refractivity contribution in [3.8, 4) is 11.8 Å². The number of nitrogens with one attached hydrogen (secondary N) is 1. The summed E-state index contributed by atoms with van der Waals surface area (Å²) in [7, 11) is 0. The van der Waals surface area contributed by atoms with E-state index in [4.69, 9.17) is 9.84 Å². The molecule has 0 aromatic heterocycles. The molecule has 21 heavy (non-hydrogen) atoms. The van der Waals surface area contributed by atoms with Crippen molar-refractivity contribution in [1.29, 1.82) is 0 Å². The lowest BCUT2D eigenvalue weighted by molar-refractivity contribution is -0.121. The fraction of sp³-hybridized carbons (Fsp3) is 0.438. The molecule has 0 bridgehead atoms. The Morgan fingerprint density at radius 2 is 2.38 bits per heavy atom. The normalized spacial score (nSPS) is 20.7. The predicted molar refractivity (Wildman–Crippen MR) is 77.1 cm³/mol. The van der Waals surface area contributed by atoms with Crippen LogP contribution in [0.15, 0.2) is 18.2 Å². The molecule has 0 aliphatic carbocycles. The Labute approximate surface area is 123 Å². The highest BCUT2D eigenvalue weighted by molar-refractivity contribution is 5.93. The second kappa shape index (κ2) is 7.21. The highest BCUT2D eigenvalue weighted by atomic mass is 19.1. The van der Waals surface area contributed by atoms with E-state index in [2.05, 4.69) is 17.2 Å². The van der Waals surface area contributed by atoms with Crippen LogP contribution < -0.4 is 5.32 Å². The first-order valence-corrected chi connectivity index (χ1v) is 6.93. The molecule has 5 heteroatoms. The fourth-order valence-corrected chi connectivity index (χ4v) is 2.22. The van der Waals surface area contributed by atoms with Gasteiger partial charge in [0.2, 0.25) is 5.91 Å². The molecule has 1 fully saturated rings. The lowest BCUT2D eigenvalue weighted by Crippen LogP contribution is -2.27. The van der Waals surface area contributed by atoms with E-state index < -0.39 is 5.82 Å². The third-order valence-corrected chi connectivity index (χ3v) is 3.41. The van der Waals surface area contributed by atoms with Gasteiger partial charge in [0, 0.05) is 18.7 Å². The predicted octanol–water partition coefficient (Wildman–Crippen LogP) is 1.92. The molecule has 2 atom stereocenters. The van der Waals surface area contributed by atoms with E-state index >= 15 is 0 Å². The highest BCUT2D eigenvalue weighted by Crippen LogP contribution is 2.23. The van der Waals surface area contributed by atoms with Crippen molar-refractivity contribution in [3.63, 3.8) is 0 Å². The number of carbonyl (C=O) groups excluding carboxylic acids is 1.